The number of carbonyl (C=O) groups is 1. The summed E-state index contributed by atoms with van der Waals surface area (Å²) in [6.07, 6.45) is 4.40. The smallest absolute Gasteiger partial charge is 0.262 e. The van der Waals surface area contributed by atoms with Crippen molar-refractivity contribution in [1.29, 1.82) is 0 Å². The van der Waals surface area contributed by atoms with Crippen LogP contribution in [0.15, 0.2) is 27.8 Å². The maximum absolute atomic E-state index is 12.2. The Labute approximate surface area is 138 Å². The molecule has 1 N–H and O–H groups in total. The lowest BCUT2D eigenvalue weighted by Gasteiger charge is -2.26. The van der Waals surface area contributed by atoms with Crippen molar-refractivity contribution in [3.05, 3.63) is 38.6 Å². The van der Waals surface area contributed by atoms with Crippen LogP contribution in [0.3, 0.4) is 0 Å². The molecule has 2 aliphatic heterocycles. The van der Waals surface area contributed by atoms with Crippen molar-refractivity contribution in [2.24, 2.45) is 0 Å². The molecule has 0 aromatic heterocycles. The lowest BCUT2D eigenvalue weighted by atomic mass is 9.96. The number of hydrogen-bond donors (Lipinski definition) is 1. The van der Waals surface area contributed by atoms with Gasteiger partial charge in [0.25, 0.3) is 5.91 Å². The van der Waals surface area contributed by atoms with E-state index in [9.17, 15) is 14.4 Å². The summed E-state index contributed by atoms with van der Waals surface area (Å²) < 4.78 is 5.41. The minimum absolute atomic E-state index is 0.0403. The maximum Gasteiger partial charge on any atom is 0.262 e. The zero-order chi connectivity index (χ0) is 16.7. The molecule has 6 heteroatoms. The highest BCUT2D eigenvalue weighted by atomic mass is 16.5. The highest BCUT2D eigenvalue weighted by Crippen LogP contribution is 2.35. The molecule has 0 bridgehead atoms. The van der Waals surface area contributed by atoms with Crippen LogP contribution in [0.1, 0.15) is 25.7 Å². The Kier molecular flexibility index (Phi) is 3.59. The van der Waals surface area contributed by atoms with Crippen LogP contribution in [0, 0.1) is 0 Å². The Morgan fingerprint density at radius 3 is 2.46 bits per heavy atom. The van der Waals surface area contributed by atoms with Crippen LogP contribution in [0.5, 0.6) is 5.75 Å². The Hall–Kier alpha value is -2.63. The average molecular weight is 326 g/mol. The van der Waals surface area contributed by atoms with Crippen molar-refractivity contribution in [2.75, 3.05) is 29.9 Å². The second-order valence-corrected chi connectivity index (χ2v) is 6.33. The second kappa shape index (κ2) is 5.78. The summed E-state index contributed by atoms with van der Waals surface area (Å²) in [6, 6.07) is 5.20. The topological polar surface area (TPSA) is 75.7 Å². The van der Waals surface area contributed by atoms with Gasteiger partial charge in [0.1, 0.15) is 11.4 Å². The number of fused-ring (bicyclic) bond motifs is 1. The van der Waals surface area contributed by atoms with E-state index < -0.39 is 5.43 Å². The number of anilines is 2. The molecule has 2 aliphatic rings. The van der Waals surface area contributed by atoms with Crippen molar-refractivity contribution in [3.8, 4) is 16.9 Å². The first-order chi connectivity index (χ1) is 11.6. The molecular formula is C18H18N2O4. The summed E-state index contributed by atoms with van der Waals surface area (Å²) in [4.78, 5) is 37.7. The first-order valence-corrected chi connectivity index (χ1v) is 8.30. The molecule has 2 aromatic carbocycles. The third-order valence-electron chi connectivity index (χ3n) is 4.71. The fourth-order valence-electron chi connectivity index (χ4n) is 3.47. The third kappa shape index (κ3) is 2.38. The van der Waals surface area contributed by atoms with E-state index in [1.165, 1.54) is 0 Å². The van der Waals surface area contributed by atoms with Gasteiger partial charge >= 0.3 is 0 Å². The molecular weight excluding hydrogens is 308 g/mol. The Morgan fingerprint density at radius 1 is 0.958 bits per heavy atom. The van der Waals surface area contributed by atoms with Gasteiger partial charge < -0.3 is 15.0 Å². The van der Waals surface area contributed by atoms with Gasteiger partial charge in [-0.2, -0.15) is 0 Å². The minimum atomic E-state index is -0.436. The van der Waals surface area contributed by atoms with E-state index in [0.717, 1.165) is 38.8 Å². The number of carbonyl (C=O) groups excluding carboxylic acids is 1. The highest BCUT2D eigenvalue weighted by molar-refractivity contribution is 5.96. The van der Waals surface area contributed by atoms with E-state index in [1.54, 1.807) is 18.2 Å². The van der Waals surface area contributed by atoms with Crippen LogP contribution in [-0.2, 0) is 4.79 Å². The van der Waals surface area contributed by atoms with Crippen molar-refractivity contribution in [2.45, 2.75) is 25.7 Å². The highest BCUT2D eigenvalue weighted by Gasteiger charge is 2.28. The molecule has 0 aliphatic carbocycles. The van der Waals surface area contributed by atoms with Crippen molar-refractivity contribution in [3.63, 3.8) is 0 Å². The lowest BCUT2D eigenvalue weighted by Crippen LogP contribution is -2.42. The monoisotopic (exact) mass is 326 g/mol. The fourth-order valence-corrected chi connectivity index (χ4v) is 3.47. The molecule has 0 atom stereocenters. The van der Waals surface area contributed by atoms with Gasteiger partial charge in [-0.3, -0.25) is 14.4 Å². The molecule has 2 heterocycles. The molecule has 1 saturated heterocycles. The molecule has 4 rings (SSSR count). The predicted molar refractivity (Wildman–Crippen MR) is 91.6 cm³/mol. The summed E-state index contributed by atoms with van der Waals surface area (Å²) in [6.45, 7) is 1.59. The summed E-state index contributed by atoms with van der Waals surface area (Å²) in [7, 11) is 0. The number of ether oxygens (including phenoxy) is 1. The van der Waals surface area contributed by atoms with Gasteiger partial charge in [0.05, 0.1) is 11.3 Å². The lowest BCUT2D eigenvalue weighted by molar-refractivity contribution is -0.118. The number of nitrogens with zero attached hydrogens (tertiary/aromatic N) is 1. The Bertz CT molecular complexity index is 872. The van der Waals surface area contributed by atoms with Crippen molar-refractivity contribution in [1.82, 2.24) is 0 Å². The number of benzene rings is 1. The van der Waals surface area contributed by atoms with Gasteiger partial charge in [0, 0.05) is 13.1 Å². The van der Waals surface area contributed by atoms with Gasteiger partial charge in [-0.25, -0.2) is 0 Å². The number of nitrogens with one attached hydrogen (secondary N) is 1. The van der Waals surface area contributed by atoms with Gasteiger partial charge in [0.2, 0.25) is 10.9 Å². The van der Waals surface area contributed by atoms with Crippen LogP contribution in [-0.4, -0.2) is 25.6 Å². The number of rotatable bonds is 2. The predicted octanol–water partition coefficient (Wildman–Crippen LogP) is 1.66. The van der Waals surface area contributed by atoms with Crippen LogP contribution in [0.25, 0.3) is 11.1 Å². The SMILES string of the molecule is O=C1COc2cc(-c3c(N4CCCCCC4)c(=O)c3=O)ccc2N1. The van der Waals surface area contributed by atoms with Crippen molar-refractivity contribution >= 4 is 17.3 Å². The summed E-state index contributed by atoms with van der Waals surface area (Å²) >= 11 is 0. The standard InChI is InChI=1S/C18H18N2O4/c21-14-10-24-13-9-11(5-6-12(13)19-14)15-16(18(23)17(15)22)20-7-3-1-2-4-8-20/h5-6,9H,1-4,7-8,10H2,(H,19,21). The van der Waals surface area contributed by atoms with Crippen LogP contribution in [0.4, 0.5) is 11.4 Å². The molecule has 1 fully saturated rings. The van der Waals surface area contributed by atoms with Gasteiger partial charge in [-0.1, -0.05) is 18.9 Å². The minimum Gasteiger partial charge on any atom is -0.482 e. The van der Waals surface area contributed by atoms with E-state index in [4.69, 9.17) is 4.74 Å². The quantitative estimate of drug-likeness (QED) is 0.850. The maximum atomic E-state index is 12.2. The summed E-state index contributed by atoms with van der Waals surface area (Å²) in [5, 5.41) is 2.72. The van der Waals surface area contributed by atoms with E-state index >= 15 is 0 Å². The van der Waals surface area contributed by atoms with E-state index in [1.807, 2.05) is 4.90 Å². The molecule has 6 nitrogen and oxygen atoms in total. The van der Waals surface area contributed by atoms with E-state index in [-0.39, 0.29) is 17.9 Å². The zero-order valence-corrected chi connectivity index (χ0v) is 13.3. The van der Waals surface area contributed by atoms with Crippen LogP contribution >= 0.6 is 0 Å². The Balaban J connectivity index is 1.72. The molecule has 2 aromatic rings. The molecule has 1 amide bonds. The van der Waals surface area contributed by atoms with E-state index in [2.05, 4.69) is 5.32 Å². The summed E-state index contributed by atoms with van der Waals surface area (Å²) in [5.74, 6) is 0.330. The molecule has 124 valence electrons. The van der Waals surface area contributed by atoms with Gasteiger partial charge in [0.15, 0.2) is 6.61 Å². The third-order valence-corrected chi connectivity index (χ3v) is 4.71. The van der Waals surface area contributed by atoms with Crippen molar-refractivity contribution < 1.29 is 9.53 Å². The molecule has 0 unspecified atom stereocenters. The fraction of sp³-hybridized carbons (Fsp3) is 0.389. The number of amides is 1. The molecule has 24 heavy (non-hydrogen) atoms. The Morgan fingerprint density at radius 2 is 1.71 bits per heavy atom. The van der Waals surface area contributed by atoms with Crippen LogP contribution < -0.4 is 25.8 Å². The normalized spacial score (nSPS) is 17.8. The van der Waals surface area contributed by atoms with Gasteiger partial charge in [-0.05, 0) is 30.5 Å². The summed E-state index contributed by atoms with van der Waals surface area (Å²) in [5.41, 5.74) is 1.46. The first kappa shape index (κ1) is 14.9. The van der Waals surface area contributed by atoms with E-state index in [0.29, 0.717) is 28.3 Å². The zero-order valence-electron chi connectivity index (χ0n) is 13.3. The first-order valence-electron chi connectivity index (χ1n) is 8.30. The largest absolute Gasteiger partial charge is 0.482 e. The molecule has 0 radical (unpaired) electrons. The van der Waals surface area contributed by atoms with Crippen LogP contribution in [0.2, 0.25) is 0 Å². The van der Waals surface area contributed by atoms with Gasteiger partial charge in [-0.15, -0.1) is 0 Å². The molecule has 0 spiro atoms. The second-order valence-electron chi connectivity index (χ2n) is 6.33. The average Bonchev–Trinajstić information content (AvgIpc) is 2.87. The molecule has 0 saturated carbocycles. The number of hydrogen-bond acceptors (Lipinski definition) is 5.